The van der Waals surface area contributed by atoms with Crippen molar-refractivity contribution in [3.05, 3.63) is 65.2 Å². The zero-order valence-corrected chi connectivity index (χ0v) is 13.5. The summed E-state index contributed by atoms with van der Waals surface area (Å²) in [6, 6.07) is 12.3. The van der Waals surface area contributed by atoms with Gasteiger partial charge in [-0.1, -0.05) is 30.0 Å². The van der Waals surface area contributed by atoms with E-state index in [0.29, 0.717) is 28.8 Å². The van der Waals surface area contributed by atoms with E-state index in [9.17, 15) is 9.59 Å². The van der Waals surface area contributed by atoms with E-state index in [1.165, 1.54) is 22.5 Å². The number of carbonyl (C=O) groups is 1. The Morgan fingerprint density at radius 3 is 2.67 bits per heavy atom. The highest BCUT2D eigenvalue weighted by atomic mass is 32.2. The number of aromatic amines is 1. The standard InChI is InChI=1S/C16H15N5O2S/c22-14(7-10-24-16-17-8-4-9-18-16)19-13-11-15(23)21(20-13)12-5-2-1-3-6-12/h1-6,8-9,11,20H,7,10H2,(H,19,22). The fraction of sp³-hybridized carbons (Fsp3) is 0.125. The van der Waals surface area contributed by atoms with Crippen LogP contribution in [0.3, 0.4) is 0 Å². The van der Waals surface area contributed by atoms with Crippen LogP contribution in [0.5, 0.6) is 0 Å². The molecule has 122 valence electrons. The van der Waals surface area contributed by atoms with E-state index in [2.05, 4.69) is 20.4 Å². The fourth-order valence-corrected chi connectivity index (χ4v) is 2.78. The molecule has 0 saturated heterocycles. The van der Waals surface area contributed by atoms with Gasteiger partial charge in [-0.05, 0) is 18.2 Å². The topological polar surface area (TPSA) is 92.7 Å². The van der Waals surface area contributed by atoms with Crippen molar-refractivity contribution in [2.75, 3.05) is 11.1 Å². The molecule has 7 nitrogen and oxygen atoms in total. The first kappa shape index (κ1) is 16.0. The molecule has 0 aliphatic heterocycles. The van der Waals surface area contributed by atoms with Crippen molar-refractivity contribution in [1.82, 2.24) is 19.7 Å². The van der Waals surface area contributed by atoms with Gasteiger partial charge in [-0.25, -0.2) is 14.6 Å². The number of H-pyrrole nitrogens is 1. The molecule has 0 aliphatic rings. The lowest BCUT2D eigenvalue weighted by molar-refractivity contribution is -0.115. The minimum atomic E-state index is -0.233. The number of hydrogen-bond donors (Lipinski definition) is 2. The molecular formula is C16H15N5O2S. The van der Waals surface area contributed by atoms with E-state index in [0.717, 1.165) is 0 Å². The summed E-state index contributed by atoms with van der Waals surface area (Å²) in [6.07, 6.45) is 3.61. The Balaban J connectivity index is 1.56. The quantitative estimate of drug-likeness (QED) is 0.529. The Morgan fingerprint density at radius 1 is 1.17 bits per heavy atom. The van der Waals surface area contributed by atoms with Crippen LogP contribution in [0.2, 0.25) is 0 Å². The molecule has 0 unspecified atom stereocenters. The first-order chi connectivity index (χ1) is 11.7. The summed E-state index contributed by atoms with van der Waals surface area (Å²) < 4.78 is 1.38. The molecule has 1 amide bonds. The molecule has 0 saturated carbocycles. The third-order valence-electron chi connectivity index (χ3n) is 3.11. The van der Waals surface area contributed by atoms with Gasteiger partial charge in [-0.3, -0.25) is 14.7 Å². The summed E-state index contributed by atoms with van der Waals surface area (Å²) in [7, 11) is 0. The van der Waals surface area contributed by atoms with Crippen LogP contribution >= 0.6 is 11.8 Å². The summed E-state index contributed by atoms with van der Waals surface area (Å²) in [4.78, 5) is 32.1. The number of aromatic nitrogens is 4. The maximum absolute atomic E-state index is 12.0. The number of benzene rings is 1. The Labute approximate surface area is 142 Å². The van der Waals surface area contributed by atoms with Gasteiger partial charge < -0.3 is 5.32 Å². The van der Waals surface area contributed by atoms with Crippen LogP contribution < -0.4 is 10.9 Å². The Hall–Kier alpha value is -2.87. The van der Waals surface area contributed by atoms with Crippen LogP contribution in [-0.4, -0.2) is 31.4 Å². The SMILES string of the molecule is O=C(CCSc1ncccn1)Nc1cc(=O)n(-c2ccccc2)[nH]1. The van der Waals surface area contributed by atoms with E-state index < -0.39 is 0 Å². The first-order valence-corrected chi connectivity index (χ1v) is 8.28. The molecule has 8 heteroatoms. The molecule has 3 rings (SSSR count). The van der Waals surface area contributed by atoms with E-state index in [1.54, 1.807) is 30.6 Å². The molecule has 2 N–H and O–H groups in total. The first-order valence-electron chi connectivity index (χ1n) is 7.29. The second-order valence-corrected chi connectivity index (χ2v) is 5.92. The maximum Gasteiger partial charge on any atom is 0.273 e. The zero-order chi connectivity index (χ0) is 16.8. The van der Waals surface area contributed by atoms with Crippen molar-refractivity contribution in [2.24, 2.45) is 0 Å². The minimum Gasteiger partial charge on any atom is -0.311 e. The molecule has 0 radical (unpaired) electrons. The largest absolute Gasteiger partial charge is 0.311 e. The molecule has 2 heterocycles. The maximum atomic E-state index is 12.0. The number of carbonyl (C=O) groups excluding carboxylic acids is 1. The van der Waals surface area contributed by atoms with Crippen molar-refractivity contribution in [3.8, 4) is 5.69 Å². The molecule has 24 heavy (non-hydrogen) atoms. The predicted molar refractivity (Wildman–Crippen MR) is 92.4 cm³/mol. The van der Waals surface area contributed by atoms with Crippen molar-refractivity contribution in [3.63, 3.8) is 0 Å². The lowest BCUT2D eigenvalue weighted by Crippen LogP contribution is -2.14. The Kier molecular flexibility index (Phi) is 5.07. The average molecular weight is 341 g/mol. The number of para-hydroxylation sites is 1. The second kappa shape index (κ2) is 7.60. The third-order valence-corrected chi connectivity index (χ3v) is 3.99. The van der Waals surface area contributed by atoms with Gasteiger partial charge in [0.05, 0.1) is 5.69 Å². The van der Waals surface area contributed by atoms with Crippen LogP contribution in [0, 0.1) is 0 Å². The molecule has 1 aromatic carbocycles. The molecule has 0 fully saturated rings. The highest BCUT2D eigenvalue weighted by Crippen LogP contribution is 2.13. The number of hydrogen-bond acceptors (Lipinski definition) is 5. The van der Waals surface area contributed by atoms with Crippen LogP contribution in [0.25, 0.3) is 5.69 Å². The fourth-order valence-electron chi connectivity index (χ4n) is 2.04. The molecule has 0 aliphatic carbocycles. The number of rotatable bonds is 6. The van der Waals surface area contributed by atoms with Crippen molar-refractivity contribution in [1.29, 1.82) is 0 Å². The Morgan fingerprint density at radius 2 is 1.92 bits per heavy atom. The van der Waals surface area contributed by atoms with Crippen molar-refractivity contribution in [2.45, 2.75) is 11.6 Å². The van der Waals surface area contributed by atoms with Crippen LogP contribution in [0.1, 0.15) is 6.42 Å². The van der Waals surface area contributed by atoms with E-state index in [4.69, 9.17) is 0 Å². The number of nitrogens with zero attached hydrogens (tertiary/aromatic N) is 3. The highest BCUT2D eigenvalue weighted by molar-refractivity contribution is 7.99. The normalized spacial score (nSPS) is 10.5. The number of amides is 1. The van der Waals surface area contributed by atoms with Gasteiger partial charge in [0.2, 0.25) is 5.91 Å². The predicted octanol–water partition coefficient (Wildman–Crippen LogP) is 2.08. The van der Waals surface area contributed by atoms with Gasteiger partial charge >= 0.3 is 0 Å². The molecule has 0 spiro atoms. The summed E-state index contributed by atoms with van der Waals surface area (Å²) >= 11 is 1.40. The summed E-state index contributed by atoms with van der Waals surface area (Å²) in [6.45, 7) is 0. The van der Waals surface area contributed by atoms with E-state index in [1.807, 2.05) is 18.2 Å². The molecule has 0 bridgehead atoms. The van der Waals surface area contributed by atoms with Crippen LogP contribution in [0.4, 0.5) is 5.82 Å². The molecule has 0 atom stereocenters. The van der Waals surface area contributed by atoms with Crippen LogP contribution in [-0.2, 0) is 4.79 Å². The molecule has 2 aromatic heterocycles. The van der Waals surface area contributed by atoms with Gasteiger partial charge in [-0.2, -0.15) is 0 Å². The highest BCUT2D eigenvalue weighted by Gasteiger charge is 2.08. The van der Waals surface area contributed by atoms with Gasteiger partial charge in [-0.15, -0.1) is 0 Å². The van der Waals surface area contributed by atoms with Gasteiger partial charge in [0, 0.05) is 30.6 Å². The lowest BCUT2D eigenvalue weighted by Gasteiger charge is -2.03. The monoisotopic (exact) mass is 341 g/mol. The van der Waals surface area contributed by atoms with E-state index in [-0.39, 0.29) is 11.5 Å². The smallest absolute Gasteiger partial charge is 0.273 e. The molecular weight excluding hydrogens is 326 g/mol. The van der Waals surface area contributed by atoms with Crippen molar-refractivity contribution < 1.29 is 4.79 Å². The number of thioether (sulfide) groups is 1. The van der Waals surface area contributed by atoms with Gasteiger partial charge in [0.25, 0.3) is 5.56 Å². The number of anilines is 1. The zero-order valence-electron chi connectivity index (χ0n) is 12.7. The molecule has 3 aromatic rings. The lowest BCUT2D eigenvalue weighted by atomic mass is 10.3. The third kappa shape index (κ3) is 4.11. The average Bonchev–Trinajstić information content (AvgIpc) is 2.97. The summed E-state index contributed by atoms with van der Waals surface area (Å²) in [5, 5.41) is 6.20. The summed E-state index contributed by atoms with van der Waals surface area (Å²) in [5.41, 5.74) is 0.475. The second-order valence-electron chi connectivity index (χ2n) is 4.86. The number of nitrogens with one attached hydrogen (secondary N) is 2. The van der Waals surface area contributed by atoms with Crippen molar-refractivity contribution >= 4 is 23.5 Å². The minimum absolute atomic E-state index is 0.181. The van der Waals surface area contributed by atoms with Crippen LogP contribution in [0.15, 0.2) is 64.8 Å². The van der Waals surface area contributed by atoms with E-state index >= 15 is 0 Å². The summed E-state index contributed by atoms with van der Waals surface area (Å²) in [5.74, 6) is 0.745. The van der Waals surface area contributed by atoms with Gasteiger partial charge in [0.15, 0.2) is 5.16 Å². The van der Waals surface area contributed by atoms with Gasteiger partial charge in [0.1, 0.15) is 5.82 Å². The Bertz CT molecular complexity index is 861.